The first-order valence-corrected chi connectivity index (χ1v) is 9.94. The highest BCUT2D eigenvalue weighted by atomic mass is 32.2. The Labute approximate surface area is 175 Å². The molecule has 4 rings (SSSR count). The zero-order chi connectivity index (χ0) is 20.9. The second-order valence-electron chi connectivity index (χ2n) is 6.16. The van der Waals surface area contributed by atoms with E-state index in [-0.39, 0.29) is 23.2 Å². The predicted octanol–water partition coefficient (Wildman–Crippen LogP) is 3.90. The van der Waals surface area contributed by atoms with Crippen molar-refractivity contribution in [1.82, 2.24) is 19.7 Å². The van der Waals surface area contributed by atoms with Gasteiger partial charge in [-0.3, -0.25) is 9.36 Å². The van der Waals surface area contributed by atoms with Crippen LogP contribution in [-0.2, 0) is 4.79 Å². The summed E-state index contributed by atoms with van der Waals surface area (Å²) in [7, 11) is 0. The third-order valence-corrected chi connectivity index (χ3v) is 5.07. The van der Waals surface area contributed by atoms with Gasteiger partial charge in [0.1, 0.15) is 5.82 Å². The molecule has 0 saturated heterocycles. The lowest BCUT2D eigenvalue weighted by atomic mass is 10.2. The number of halogens is 1. The average Bonchev–Trinajstić information content (AvgIpc) is 3.18. The van der Waals surface area contributed by atoms with Crippen molar-refractivity contribution in [3.05, 3.63) is 78.7 Å². The summed E-state index contributed by atoms with van der Waals surface area (Å²) in [6.45, 7) is 0. The summed E-state index contributed by atoms with van der Waals surface area (Å²) in [5.41, 5.74) is 1.05. The van der Waals surface area contributed by atoms with Crippen LogP contribution in [0.2, 0.25) is 0 Å². The molecule has 0 atom stereocenters. The quantitative estimate of drug-likeness (QED) is 0.459. The summed E-state index contributed by atoms with van der Waals surface area (Å²) in [6, 6.07) is 18.6. The minimum absolute atomic E-state index is 0.00173. The van der Waals surface area contributed by atoms with E-state index in [1.54, 1.807) is 28.8 Å². The molecule has 0 aliphatic carbocycles. The van der Waals surface area contributed by atoms with Crippen LogP contribution < -0.4 is 5.32 Å². The fraction of sp³-hybridized carbons (Fsp3) is 0.0476. The molecule has 7 nitrogen and oxygen atoms in total. The van der Waals surface area contributed by atoms with E-state index < -0.39 is 5.82 Å². The summed E-state index contributed by atoms with van der Waals surface area (Å²) in [4.78, 5) is 16.2. The molecular weight excluding hydrogens is 405 g/mol. The highest BCUT2D eigenvalue weighted by Gasteiger charge is 2.19. The zero-order valence-electron chi connectivity index (χ0n) is 15.6. The normalized spacial score (nSPS) is 10.7. The molecule has 0 aliphatic heterocycles. The van der Waals surface area contributed by atoms with Gasteiger partial charge in [0.15, 0.2) is 22.5 Å². The Balaban J connectivity index is 1.61. The maximum Gasteiger partial charge on any atom is 0.236 e. The lowest BCUT2D eigenvalue weighted by Crippen LogP contribution is -2.15. The van der Waals surface area contributed by atoms with E-state index in [9.17, 15) is 14.3 Å². The van der Waals surface area contributed by atoms with E-state index in [1.807, 2.05) is 30.3 Å². The van der Waals surface area contributed by atoms with E-state index in [0.717, 1.165) is 17.4 Å². The van der Waals surface area contributed by atoms with Gasteiger partial charge in [-0.2, -0.15) is 0 Å². The number of carbonyl (C=O) groups is 1. The van der Waals surface area contributed by atoms with Gasteiger partial charge >= 0.3 is 0 Å². The molecule has 0 aliphatic rings. The third-order valence-electron chi connectivity index (χ3n) is 4.14. The van der Waals surface area contributed by atoms with Crippen molar-refractivity contribution in [2.45, 2.75) is 5.16 Å². The van der Waals surface area contributed by atoms with Crippen LogP contribution in [0.15, 0.2) is 78.1 Å². The summed E-state index contributed by atoms with van der Waals surface area (Å²) < 4.78 is 16.1. The number of nitrogens with one attached hydrogen (secondary N) is 1. The van der Waals surface area contributed by atoms with Gasteiger partial charge in [0.05, 0.1) is 11.3 Å². The maximum absolute atomic E-state index is 14.4. The van der Waals surface area contributed by atoms with Gasteiger partial charge in [-0.15, -0.1) is 10.2 Å². The van der Waals surface area contributed by atoms with E-state index in [4.69, 9.17) is 0 Å². The van der Waals surface area contributed by atoms with Crippen molar-refractivity contribution in [2.24, 2.45) is 0 Å². The molecule has 0 fully saturated rings. The molecule has 0 spiro atoms. The van der Waals surface area contributed by atoms with Crippen molar-refractivity contribution < 1.29 is 14.3 Å². The van der Waals surface area contributed by atoms with Gasteiger partial charge in [0, 0.05) is 11.9 Å². The van der Waals surface area contributed by atoms with Gasteiger partial charge in [0.2, 0.25) is 5.91 Å². The molecule has 0 bridgehead atoms. The molecule has 2 heterocycles. The highest BCUT2D eigenvalue weighted by molar-refractivity contribution is 7.99. The van der Waals surface area contributed by atoms with Gasteiger partial charge < -0.3 is 10.4 Å². The number of nitrogens with zero attached hydrogens (tertiary/aromatic N) is 4. The fourth-order valence-corrected chi connectivity index (χ4v) is 3.53. The maximum atomic E-state index is 14.4. The van der Waals surface area contributed by atoms with Gasteiger partial charge in [-0.05, 0) is 36.4 Å². The monoisotopic (exact) mass is 421 g/mol. The number of aromatic nitrogens is 4. The SMILES string of the molecule is O=C(CSc1nnc(-c2ccccc2F)n1-c1ccccc1)Nc1ncccc1O. The standard InChI is InChI=1S/C21H16FN5O2S/c22-16-10-5-4-9-15(16)20-25-26-21(27(20)14-7-2-1-3-8-14)30-13-18(29)24-19-17(28)11-6-12-23-19/h1-12,28H,13H2,(H,23,24,29). The lowest BCUT2D eigenvalue weighted by molar-refractivity contribution is -0.113. The van der Waals surface area contributed by atoms with Crippen LogP contribution in [0.3, 0.4) is 0 Å². The Bertz CT molecular complexity index is 1180. The second-order valence-corrected chi connectivity index (χ2v) is 7.11. The Morgan fingerprint density at radius 1 is 1.03 bits per heavy atom. The average molecular weight is 421 g/mol. The zero-order valence-corrected chi connectivity index (χ0v) is 16.4. The van der Waals surface area contributed by atoms with Crippen molar-refractivity contribution in [3.63, 3.8) is 0 Å². The van der Waals surface area contributed by atoms with E-state index >= 15 is 0 Å². The third kappa shape index (κ3) is 4.15. The van der Waals surface area contributed by atoms with Crippen molar-refractivity contribution in [1.29, 1.82) is 0 Å². The number of para-hydroxylation sites is 1. The number of benzene rings is 2. The highest BCUT2D eigenvalue weighted by Crippen LogP contribution is 2.29. The lowest BCUT2D eigenvalue weighted by Gasteiger charge is -2.11. The minimum atomic E-state index is -0.415. The topological polar surface area (TPSA) is 92.9 Å². The molecular formula is C21H16FN5O2S. The van der Waals surface area contributed by atoms with Gasteiger partial charge in [-0.25, -0.2) is 9.37 Å². The number of thioether (sulfide) groups is 1. The van der Waals surface area contributed by atoms with E-state index in [2.05, 4.69) is 20.5 Å². The Morgan fingerprint density at radius 3 is 2.57 bits per heavy atom. The van der Waals surface area contributed by atoms with Crippen LogP contribution in [0.4, 0.5) is 10.2 Å². The summed E-state index contributed by atoms with van der Waals surface area (Å²) in [5.74, 6) is -0.487. The fourth-order valence-electron chi connectivity index (χ4n) is 2.78. The second kappa shape index (κ2) is 8.75. The van der Waals surface area contributed by atoms with Crippen LogP contribution in [0.25, 0.3) is 17.1 Å². The van der Waals surface area contributed by atoms with Crippen molar-refractivity contribution in [3.8, 4) is 22.8 Å². The molecule has 0 saturated carbocycles. The molecule has 4 aromatic rings. The first kappa shape index (κ1) is 19.6. The molecule has 2 aromatic heterocycles. The van der Waals surface area contributed by atoms with Crippen LogP contribution in [0.5, 0.6) is 5.75 Å². The number of aromatic hydroxyl groups is 1. The van der Waals surface area contributed by atoms with Crippen LogP contribution in [0, 0.1) is 5.82 Å². The molecule has 2 aromatic carbocycles. The molecule has 9 heteroatoms. The summed E-state index contributed by atoms with van der Waals surface area (Å²) in [6.07, 6.45) is 1.47. The molecule has 0 unspecified atom stereocenters. The number of hydrogen-bond donors (Lipinski definition) is 2. The Hall–Kier alpha value is -3.72. The molecule has 0 radical (unpaired) electrons. The van der Waals surface area contributed by atoms with E-state index in [0.29, 0.717) is 16.5 Å². The van der Waals surface area contributed by atoms with Crippen LogP contribution in [-0.4, -0.2) is 36.5 Å². The molecule has 150 valence electrons. The number of amides is 1. The summed E-state index contributed by atoms with van der Waals surface area (Å²) in [5, 5.41) is 21.1. The number of hydrogen-bond acceptors (Lipinski definition) is 6. The smallest absolute Gasteiger partial charge is 0.236 e. The molecule has 1 amide bonds. The van der Waals surface area contributed by atoms with Crippen molar-refractivity contribution in [2.75, 3.05) is 11.1 Å². The van der Waals surface area contributed by atoms with Crippen LogP contribution >= 0.6 is 11.8 Å². The number of anilines is 1. The number of rotatable bonds is 6. The largest absolute Gasteiger partial charge is 0.504 e. The number of pyridine rings is 1. The Kier molecular flexibility index (Phi) is 5.71. The van der Waals surface area contributed by atoms with E-state index in [1.165, 1.54) is 18.3 Å². The predicted molar refractivity (Wildman–Crippen MR) is 112 cm³/mol. The first-order valence-electron chi connectivity index (χ1n) is 8.96. The van der Waals surface area contributed by atoms with Crippen LogP contribution in [0.1, 0.15) is 0 Å². The van der Waals surface area contributed by atoms with Gasteiger partial charge in [0.25, 0.3) is 0 Å². The summed E-state index contributed by atoms with van der Waals surface area (Å²) >= 11 is 1.14. The molecule has 30 heavy (non-hydrogen) atoms. The Morgan fingerprint density at radius 2 is 1.80 bits per heavy atom. The minimum Gasteiger partial charge on any atom is -0.504 e. The molecule has 2 N–H and O–H groups in total. The first-order chi connectivity index (χ1) is 14.6. The van der Waals surface area contributed by atoms with Crippen molar-refractivity contribution >= 4 is 23.5 Å². The number of carbonyl (C=O) groups excluding carboxylic acids is 1. The van der Waals surface area contributed by atoms with Gasteiger partial charge in [-0.1, -0.05) is 42.1 Å².